The molecule has 1 aliphatic heterocycles. The second-order valence-corrected chi connectivity index (χ2v) is 10.1. The van der Waals surface area contributed by atoms with Crippen LogP contribution in [0.1, 0.15) is 16.8 Å². The van der Waals surface area contributed by atoms with E-state index in [1.54, 1.807) is 30.5 Å². The summed E-state index contributed by atoms with van der Waals surface area (Å²) in [4.78, 5) is 15.3. The van der Waals surface area contributed by atoms with Gasteiger partial charge in [0, 0.05) is 25.4 Å². The molecule has 2 aromatic heterocycles. The minimum absolute atomic E-state index is 0.0270. The highest BCUT2D eigenvalue weighted by atomic mass is 32.2. The zero-order valence-corrected chi connectivity index (χ0v) is 19.0. The number of aryl methyl sites for hydroxylation is 1. The van der Waals surface area contributed by atoms with Crippen LogP contribution in [0.4, 0.5) is 19.0 Å². The third kappa shape index (κ3) is 6.29. The number of anilines is 1. The minimum Gasteiger partial charge on any atom is -0.378 e. The highest BCUT2D eigenvalue weighted by Crippen LogP contribution is 2.29. The predicted molar refractivity (Wildman–Crippen MR) is 121 cm³/mol. The molecule has 4 rings (SSSR count). The maximum Gasteiger partial charge on any atom is 0.416 e. The van der Waals surface area contributed by atoms with Gasteiger partial charge in [0.2, 0.25) is 0 Å². The van der Waals surface area contributed by atoms with E-state index in [4.69, 9.17) is 4.74 Å². The summed E-state index contributed by atoms with van der Waals surface area (Å²) in [5, 5.41) is 0. The molecule has 0 saturated carbocycles. The van der Waals surface area contributed by atoms with Crippen molar-refractivity contribution < 1.29 is 26.3 Å². The molecule has 180 valence electrons. The summed E-state index contributed by atoms with van der Waals surface area (Å²) in [7, 11) is -3.66. The van der Waals surface area contributed by atoms with Crippen LogP contribution in [0.15, 0.2) is 54.7 Å². The van der Waals surface area contributed by atoms with Gasteiger partial charge in [-0.2, -0.15) is 13.2 Å². The van der Waals surface area contributed by atoms with Gasteiger partial charge in [-0.05, 0) is 30.2 Å². The molecular formula is C23H23F3N4O3S. The molecule has 3 aromatic rings. The molecule has 3 heterocycles. The number of sulfone groups is 1. The van der Waals surface area contributed by atoms with E-state index in [0.717, 1.165) is 12.1 Å². The molecule has 0 unspecified atom stereocenters. The number of alkyl halides is 3. The van der Waals surface area contributed by atoms with E-state index in [0.29, 0.717) is 54.9 Å². The fraction of sp³-hybridized carbons (Fsp3) is 0.348. The summed E-state index contributed by atoms with van der Waals surface area (Å²) in [6.07, 6.45) is -2.90. The number of aromatic nitrogens is 3. The number of halogens is 3. The van der Waals surface area contributed by atoms with Crippen molar-refractivity contribution in [1.82, 2.24) is 15.0 Å². The van der Waals surface area contributed by atoms with Crippen LogP contribution in [-0.4, -0.2) is 55.4 Å². The molecule has 1 fully saturated rings. The molecule has 7 nitrogen and oxygen atoms in total. The van der Waals surface area contributed by atoms with Gasteiger partial charge >= 0.3 is 6.18 Å². The van der Waals surface area contributed by atoms with Crippen LogP contribution in [0.25, 0.3) is 11.5 Å². The molecule has 1 aliphatic rings. The van der Waals surface area contributed by atoms with E-state index >= 15 is 0 Å². The van der Waals surface area contributed by atoms with Crippen LogP contribution in [0, 0.1) is 0 Å². The Morgan fingerprint density at radius 2 is 1.79 bits per heavy atom. The molecule has 11 heteroatoms. The topological polar surface area (TPSA) is 85.3 Å². The van der Waals surface area contributed by atoms with Gasteiger partial charge in [-0.25, -0.2) is 18.4 Å². The molecule has 0 bridgehead atoms. The number of hydrogen-bond donors (Lipinski definition) is 0. The van der Waals surface area contributed by atoms with Crippen LogP contribution in [-0.2, 0) is 32.9 Å². The van der Waals surface area contributed by atoms with Crippen molar-refractivity contribution >= 4 is 15.7 Å². The number of hydrogen-bond acceptors (Lipinski definition) is 7. The number of rotatable bonds is 7. The molecule has 0 N–H and O–H groups in total. The van der Waals surface area contributed by atoms with Gasteiger partial charge < -0.3 is 9.64 Å². The van der Waals surface area contributed by atoms with E-state index in [1.807, 2.05) is 4.90 Å². The van der Waals surface area contributed by atoms with E-state index in [2.05, 4.69) is 15.0 Å². The van der Waals surface area contributed by atoms with Crippen molar-refractivity contribution in [2.24, 2.45) is 0 Å². The Balaban J connectivity index is 1.55. The minimum atomic E-state index is -4.48. The van der Waals surface area contributed by atoms with Gasteiger partial charge in [0.1, 0.15) is 11.5 Å². The summed E-state index contributed by atoms with van der Waals surface area (Å²) in [5.74, 6) is 0.241. The highest BCUT2D eigenvalue weighted by molar-refractivity contribution is 7.90. The first-order chi connectivity index (χ1) is 16.2. The molecular weight excluding hydrogens is 469 g/mol. The largest absolute Gasteiger partial charge is 0.416 e. The summed E-state index contributed by atoms with van der Waals surface area (Å²) in [6, 6.07) is 11.6. The zero-order valence-electron chi connectivity index (χ0n) is 18.2. The van der Waals surface area contributed by atoms with Gasteiger partial charge in [-0.15, -0.1) is 0 Å². The molecule has 1 saturated heterocycles. The molecule has 0 atom stereocenters. The van der Waals surface area contributed by atoms with E-state index < -0.39 is 21.6 Å². The maximum absolute atomic E-state index is 12.9. The first-order valence-electron chi connectivity index (χ1n) is 10.7. The SMILES string of the molecule is O=S(=O)(CCc1cccc(C(F)(F)F)c1)Cc1cc(N2CCOCC2)nc(-c2ccccn2)n1. The van der Waals surface area contributed by atoms with E-state index in [-0.39, 0.29) is 17.9 Å². The molecule has 0 radical (unpaired) electrons. The Morgan fingerprint density at radius 3 is 2.50 bits per heavy atom. The zero-order chi connectivity index (χ0) is 24.2. The van der Waals surface area contributed by atoms with Gasteiger partial charge in [-0.3, -0.25) is 4.98 Å². The van der Waals surface area contributed by atoms with Crippen molar-refractivity contribution in [1.29, 1.82) is 0 Å². The standard InChI is InChI=1S/C23H23F3N4O3S/c24-23(25,26)18-5-3-4-17(14-18)7-13-34(31,32)16-19-15-21(30-9-11-33-12-10-30)29-22(28-19)20-6-1-2-8-27-20/h1-6,8,14-15H,7,9-13,16H2. The third-order valence-electron chi connectivity index (χ3n) is 5.32. The highest BCUT2D eigenvalue weighted by Gasteiger charge is 2.30. The smallest absolute Gasteiger partial charge is 0.378 e. The average Bonchev–Trinajstić information content (AvgIpc) is 2.83. The lowest BCUT2D eigenvalue weighted by Gasteiger charge is -2.28. The number of morpholine rings is 1. The van der Waals surface area contributed by atoms with Crippen LogP contribution in [0.5, 0.6) is 0 Å². The Kier molecular flexibility index (Phi) is 7.13. The van der Waals surface area contributed by atoms with Crippen LogP contribution < -0.4 is 4.90 Å². The Labute approximate surface area is 195 Å². The second kappa shape index (κ2) is 10.1. The Bertz CT molecular complexity index is 1230. The number of ether oxygens (including phenoxy) is 1. The molecule has 0 spiro atoms. The van der Waals surface area contributed by atoms with Gasteiger partial charge in [-0.1, -0.05) is 24.3 Å². The maximum atomic E-state index is 12.9. The number of benzene rings is 1. The molecule has 0 aliphatic carbocycles. The lowest BCUT2D eigenvalue weighted by Crippen LogP contribution is -2.37. The summed E-state index contributed by atoms with van der Waals surface area (Å²) in [6.45, 7) is 2.29. The number of nitrogens with zero attached hydrogens (tertiary/aromatic N) is 4. The number of pyridine rings is 1. The summed E-state index contributed by atoms with van der Waals surface area (Å²) in [5.41, 5.74) is 0.332. The fourth-order valence-corrected chi connectivity index (χ4v) is 4.88. The van der Waals surface area contributed by atoms with Crippen LogP contribution in [0.2, 0.25) is 0 Å². The van der Waals surface area contributed by atoms with E-state index in [1.165, 1.54) is 12.1 Å². The lowest BCUT2D eigenvalue weighted by atomic mass is 10.1. The quantitative estimate of drug-likeness (QED) is 0.499. The van der Waals surface area contributed by atoms with E-state index in [9.17, 15) is 21.6 Å². The molecule has 1 aromatic carbocycles. The Hall–Kier alpha value is -3.05. The lowest BCUT2D eigenvalue weighted by molar-refractivity contribution is -0.137. The predicted octanol–water partition coefficient (Wildman–Crippen LogP) is 3.55. The van der Waals surface area contributed by atoms with Crippen molar-refractivity contribution in [3.8, 4) is 11.5 Å². The van der Waals surface area contributed by atoms with Crippen LogP contribution >= 0.6 is 0 Å². The van der Waals surface area contributed by atoms with Gasteiger partial charge in [0.05, 0.1) is 36.0 Å². The summed E-state index contributed by atoms with van der Waals surface area (Å²) >= 11 is 0. The summed E-state index contributed by atoms with van der Waals surface area (Å²) < 4.78 is 70.0. The first kappa shape index (κ1) is 24.1. The Morgan fingerprint density at radius 1 is 1.00 bits per heavy atom. The molecule has 34 heavy (non-hydrogen) atoms. The van der Waals surface area contributed by atoms with Crippen LogP contribution in [0.3, 0.4) is 0 Å². The van der Waals surface area contributed by atoms with Crippen molar-refractivity contribution in [2.45, 2.75) is 18.3 Å². The van der Waals surface area contributed by atoms with Gasteiger partial charge in [0.25, 0.3) is 0 Å². The van der Waals surface area contributed by atoms with Crippen molar-refractivity contribution in [2.75, 3.05) is 37.0 Å². The average molecular weight is 493 g/mol. The fourth-order valence-electron chi connectivity index (χ4n) is 3.60. The van der Waals surface area contributed by atoms with Crippen molar-refractivity contribution in [3.05, 3.63) is 71.5 Å². The molecule has 0 amide bonds. The monoisotopic (exact) mass is 492 g/mol. The normalized spacial score (nSPS) is 14.9. The van der Waals surface area contributed by atoms with Crippen molar-refractivity contribution in [3.63, 3.8) is 0 Å². The second-order valence-electron chi connectivity index (χ2n) is 7.90. The van der Waals surface area contributed by atoms with Gasteiger partial charge in [0.15, 0.2) is 15.7 Å². The first-order valence-corrected chi connectivity index (χ1v) is 12.5. The third-order valence-corrected chi connectivity index (χ3v) is 6.88.